The van der Waals surface area contributed by atoms with Gasteiger partial charge >= 0.3 is 0 Å². The summed E-state index contributed by atoms with van der Waals surface area (Å²) in [5, 5.41) is 3.75. The molecule has 0 spiro atoms. The van der Waals surface area contributed by atoms with Crippen LogP contribution in [0.1, 0.15) is 24.4 Å². The molecule has 5 nitrogen and oxygen atoms in total. The first-order valence-electron chi connectivity index (χ1n) is 8.73. The Kier molecular flexibility index (Phi) is 6.58. The van der Waals surface area contributed by atoms with Crippen LogP contribution in [-0.2, 0) is 9.59 Å². The second-order valence-corrected chi connectivity index (χ2v) is 7.15. The number of hydrogen-bond donors (Lipinski definition) is 1. The quantitative estimate of drug-likeness (QED) is 0.759. The highest BCUT2D eigenvalue weighted by molar-refractivity contribution is 6.42. The van der Waals surface area contributed by atoms with Crippen molar-refractivity contribution in [2.45, 2.75) is 18.9 Å². The molecule has 1 fully saturated rings. The molecule has 1 saturated heterocycles. The second-order valence-electron chi connectivity index (χ2n) is 6.34. The molecular formula is C20H20Cl2N2O3. The van der Waals surface area contributed by atoms with Crippen LogP contribution < -0.4 is 10.1 Å². The molecule has 142 valence electrons. The van der Waals surface area contributed by atoms with Crippen LogP contribution in [0.4, 0.5) is 0 Å². The fourth-order valence-electron chi connectivity index (χ4n) is 2.99. The molecule has 2 amide bonds. The third-order valence-electron chi connectivity index (χ3n) is 4.37. The van der Waals surface area contributed by atoms with Crippen molar-refractivity contribution in [2.75, 3.05) is 19.7 Å². The third kappa shape index (κ3) is 5.37. The summed E-state index contributed by atoms with van der Waals surface area (Å²) < 4.78 is 5.50. The predicted molar refractivity (Wildman–Crippen MR) is 105 cm³/mol. The summed E-state index contributed by atoms with van der Waals surface area (Å²) in [5.74, 6) is 0.310. The number of ether oxygens (including phenoxy) is 1. The van der Waals surface area contributed by atoms with Crippen LogP contribution in [-0.4, -0.2) is 36.4 Å². The van der Waals surface area contributed by atoms with Gasteiger partial charge in [-0.25, -0.2) is 0 Å². The van der Waals surface area contributed by atoms with E-state index in [1.807, 2.05) is 30.3 Å². The van der Waals surface area contributed by atoms with E-state index in [1.165, 1.54) is 0 Å². The van der Waals surface area contributed by atoms with Crippen LogP contribution in [0.15, 0.2) is 48.5 Å². The molecule has 1 N–H and O–H groups in total. The first-order chi connectivity index (χ1) is 13.0. The summed E-state index contributed by atoms with van der Waals surface area (Å²) >= 11 is 11.8. The van der Waals surface area contributed by atoms with Crippen molar-refractivity contribution in [3.63, 3.8) is 0 Å². The first kappa shape index (κ1) is 19.5. The Balaban J connectivity index is 1.63. The molecule has 0 radical (unpaired) electrons. The van der Waals surface area contributed by atoms with Crippen molar-refractivity contribution >= 4 is 35.0 Å². The molecule has 3 rings (SSSR count). The van der Waals surface area contributed by atoms with Gasteiger partial charge in [0, 0.05) is 25.6 Å². The number of nitrogens with zero attached hydrogens (tertiary/aromatic N) is 1. The number of hydrogen-bond acceptors (Lipinski definition) is 3. The minimum absolute atomic E-state index is 0.122. The minimum Gasteiger partial charge on any atom is -0.484 e. The Bertz CT molecular complexity index is 814. The second kappa shape index (κ2) is 9.11. The summed E-state index contributed by atoms with van der Waals surface area (Å²) in [7, 11) is 0. The van der Waals surface area contributed by atoms with Gasteiger partial charge in [-0.1, -0.05) is 53.5 Å². The van der Waals surface area contributed by atoms with Crippen LogP contribution in [0, 0.1) is 0 Å². The lowest BCUT2D eigenvalue weighted by molar-refractivity contribution is -0.129. The van der Waals surface area contributed by atoms with Crippen molar-refractivity contribution in [3.8, 4) is 5.75 Å². The third-order valence-corrected chi connectivity index (χ3v) is 5.11. The molecule has 0 saturated carbocycles. The number of halogens is 2. The maximum Gasteiger partial charge on any atom is 0.258 e. The standard InChI is InChI=1S/C20H20Cl2N2O3/c21-16-9-8-15(11-17(16)22)27-13-19(25)23-18(14-5-2-1-3-6-14)12-24-10-4-7-20(24)26/h1-3,5-6,8-9,11,18H,4,7,10,12-13H2,(H,23,25). The smallest absolute Gasteiger partial charge is 0.258 e. The maximum atomic E-state index is 12.4. The Morgan fingerprint density at radius 2 is 1.93 bits per heavy atom. The molecule has 7 heteroatoms. The van der Waals surface area contributed by atoms with Gasteiger partial charge in [0.25, 0.3) is 5.91 Å². The van der Waals surface area contributed by atoms with Crippen LogP contribution in [0.25, 0.3) is 0 Å². The molecular weight excluding hydrogens is 387 g/mol. The zero-order valence-electron chi connectivity index (χ0n) is 14.7. The van der Waals surface area contributed by atoms with Gasteiger partial charge in [0.2, 0.25) is 5.91 Å². The summed E-state index contributed by atoms with van der Waals surface area (Å²) in [6.45, 7) is 1.01. The number of rotatable bonds is 7. The highest BCUT2D eigenvalue weighted by Gasteiger charge is 2.25. The summed E-state index contributed by atoms with van der Waals surface area (Å²) in [6.07, 6.45) is 1.42. The average molecular weight is 407 g/mol. The van der Waals surface area contributed by atoms with Gasteiger partial charge < -0.3 is 15.0 Å². The van der Waals surface area contributed by atoms with E-state index in [9.17, 15) is 9.59 Å². The molecule has 2 aromatic carbocycles. The van der Waals surface area contributed by atoms with Crippen molar-refractivity contribution in [1.82, 2.24) is 10.2 Å². The monoisotopic (exact) mass is 406 g/mol. The summed E-state index contributed by atoms with van der Waals surface area (Å²) in [4.78, 5) is 26.2. The van der Waals surface area contributed by atoms with Gasteiger partial charge in [0.1, 0.15) is 5.75 Å². The Labute approximate surface area is 168 Å². The highest BCUT2D eigenvalue weighted by atomic mass is 35.5. The molecule has 1 aliphatic heterocycles. The number of carbonyl (C=O) groups excluding carboxylic acids is 2. The minimum atomic E-state index is -0.293. The number of benzene rings is 2. The molecule has 1 atom stereocenters. The van der Waals surface area contributed by atoms with Crippen molar-refractivity contribution in [2.24, 2.45) is 0 Å². The normalized spacial score (nSPS) is 14.9. The number of likely N-dealkylation sites (tertiary alicyclic amines) is 1. The van der Waals surface area contributed by atoms with Crippen LogP contribution in [0.5, 0.6) is 5.75 Å². The number of carbonyl (C=O) groups is 2. The lowest BCUT2D eigenvalue weighted by atomic mass is 10.1. The van der Waals surface area contributed by atoms with Gasteiger partial charge in [-0.05, 0) is 24.1 Å². The predicted octanol–water partition coefficient (Wildman–Crippen LogP) is 3.85. The van der Waals surface area contributed by atoms with Crippen molar-refractivity contribution < 1.29 is 14.3 Å². The summed E-state index contributed by atoms with van der Waals surface area (Å²) in [6, 6.07) is 14.1. The zero-order valence-corrected chi connectivity index (χ0v) is 16.2. The molecule has 2 aromatic rings. The van der Waals surface area contributed by atoms with Crippen LogP contribution in [0.3, 0.4) is 0 Å². The zero-order chi connectivity index (χ0) is 19.2. The number of amides is 2. The van der Waals surface area contributed by atoms with Gasteiger partial charge in [-0.2, -0.15) is 0 Å². The van der Waals surface area contributed by atoms with E-state index in [1.54, 1.807) is 23.1 Å². The first-order valence-corrected chi connectivity index (χ1v) is 9.48. The lowest BCUT2D eigenvalue weighted by Gasteiger charge is -2.25. The molecule has 27 heavy (non-hydrogen) atoms. The fourth-order valence-corrected chi connectivity index (χ4v) is 3.28. The van der Waals surface area contributed by atoms with E-state index in [4.69, 9.17) is 27.9 Å². The van der Waals surface area contributed by atoms with E-state index >= 15 is 0 Å². The van der Waals surface area contributed by atoms with Crippen LogP contribution >= 0.6 is 23.2 Å². The lowest BCUT2D eigenvalue weighted by Crippen LogP contribution is -2.40. The van der Waals surface area contributed by atoms with Crippen molar-refractivity contribution in [3.05, 3.63) is 64.1 Å². The van der Waals surface area contributed by atoms with Gasteiger partial charge in [0.05, 0.1) is 16.1 Å². The average Bonchev–Trinajstić information content (AvgIpc) is 3.07. The molecule has 1 aliphatic rings. The summed E-state index contributed by atoms with van der Waals surface area (Å²) in [5.41, 5.74) is 0.945. The topological polar surface area (TPSA) is 58.6 Å². The highest BCUT2D eigenvalue weighted by Crippen LogP contribution is 2.26. The van der Waals surface area contributed by atoms with E-state index < -0.39 is 0 Å². The molecule has 1 unspecified atom stereocenters. The Morgan fingerprint density at radius 3 is 2.59 bits per heavy atom. The van der Waals surface area contributed by atoms with E-state index in [-0.39, 0.29) is 24.5 Å². The van der Waals surface area contributed by atoms with E-state index in [2.05, 4.69) is 5.32 Å². The fraction of sp³-hybridized carbons (Fsp3) is 0.300. The maximum absolute atomic E-state index is 12.4. The molecule has 0 aromatic heterocycles. The van der Waals surface area contributed by atoms with Crippen LogP contribution in [0.2, 0.25) is 10.0 Å². The largest absolute Gasteiger partial charge is 0.484 e. The van der Waals surface area contributed by atoms with E-state index in [0.717, 1.165) is 18.5 Å². The number of nitrogens with one attached hydrogen (secondary N) is 1. The van der Waals surface area contributed by atoms with Crippen molar-refractivity contribution in [1.29, 1.82) is 0 Å². The Morgan fingerprint density at radius 1 is 1.15 bits per heavy atom. The molecule has 1 heterocycles. The molecule has 0 bridgehead atoms. The van der Waals surface area contributed by atoms with Gasteiger partial charge in [0.15, 0.2) is 6.61 Å². The Hall–Kier alpha value is -2.24. The SMILES string of the molecule is O=C(COc1ccc(Cl)c(Cl)c1)NC(CN1CCCC1=O)c1ccccc1. The van der Waals surface area contributed by atoms with E-state index in [0.29, 0.717) is 28.8 Å². The molecule has 0 aliphatic carbocycles. The van der Waals surface area contributed by atoms with Gasteiger partial charge in [-0.3, -0.25) is 9.59 Å². The van der Waals surface area contributed by atoms with Gasteiger partial charge in [-0.15, -0.1) is 0 Å².